The molecule has 21 heavy (non-hydrogen) atoms. The van der Waals surface area contributed by atoms with E-state index in [1.807, 2.05) is 25.1 Å². The van der Waals surface area contributed by atoms with E-state index in [4.69, 9.17) is 5.73 Å². The topological polar surface area (TPSA) is 46.3 Å². The summed E-state index contributed by atoms with van der Waals surface area (Å²) in [5, 5.41) is 0. The van der Waals surface area contributed by atoms with Crippen LogP contribution in [0.15, 0.2) is 36.4 Å². The van der Waals surface area contributed by atoms with Crippen LogP contribution in [-0.4, -0.2) is 12.5 Å². The van der Waals surface area contributed by atoms with Gasteiger partial charge in [0.2, 0.25) is 0 Å². The molecule has 0 bridgehead atoms. The molecule has 3 nitrogen and oxygen atoms in total. The maximum absolute atomic E-state index is 13.4. The first-order valence-corrected chi connectivity index (χ1v) is 6.57. The van der Waals surface area contributed by atoms with Crippen molar-refractivity contribution in [1.29, 1.82) is 0 Å². The van der Waals surface area contributed by atoms with Crippen LogP contribution in [0.3, 0.4) is 0 Å². The van der Waals surface area contributed by atoms with Crippen molar-refractivity contribution >= 4 is 17.3 Å². The minimum Gasteiger partial charge on any atom is -0.398 e. The number of rotatable bonds is 3. The van der Waals surface area contributed by atoms with Crippen LogP contribution in [0.2, 0.25) is 0 Å². The molecule has 1 amide bonds. The number of benzene rings is 2. The molecular weight excluding hydrogens is 274 g/mol. The standard InChI is InChI=1S/C16H16F2N2O/c1-3-20(15-7-5-4-6-10(15)2)16(21)11-8-12(17)13(18)9-14(11)19/h4-9H,3,19H2,1-2H3. The molecule has 0 spiro atoms. The lowest BCUT2D eigenvalue weighted by Crippen LogP contribution is -2.32. The van der Waals surface area contributed by atoms with Crippen LogP contribution in [0, 0.1) is 18.6 Å². The number of amides is 1. The van der Waals surface area contributed by atoms with Gasteiger partial charge in [-0.1, -0.05) is 18.2 Å². The van der Waals surface area contributed by atoms with Gasteiger partial charge in [0.15, 0.2) is 11.6 Å². The summed E-state index contributed by atoms with van der Waals surface area (Å²) in [6.07, 6.45) is 0. The zero-order chi connectivity index (χ0) is 15.6. The second-order valence-electron chi connectivity index (χ2n) is 4.69. The van der Waals surface area contributed by atoms with Crippen molar-refractivity contribution in [1.82, 2.24) is 0 Å². The highest BCUT2D eigenvalue weighted by atomic mass is 19.2. The summed E-state index contributed by atoms with van der Waals surface area (Å²) in [4.78, 5) is 14.1. The second-order valence-corrected chi connectivity index (χ2v) is 4.69. The van der Waals surface area contributed by atoms with Crippen molar-refractivity contribution < 1.29 is 13.6 Å². The molecule has 0 radical (unpaired) electrons. The SMILES string of the molecule is CCN(C(=O)c1cc(F)c(F)cc1N)c1ccccc1C. The van der Waals surface area contributed by atoms with Gasteiger partial charge in [-0.25, -0.2) is 8.78 Å². The van der Waals surface area contributed by atoms with Gasteiger partial charge in [0.25, 0.3) is 5.91 Å². The Labute approximate surface area is 122 Å². The maximum atomic E-state index is 13.4. The van der Waals surface area contributed by atoms with Crippen LogP contribution in [0.1, 0.15) is 22.8 Å². The van der Waals surface area contributed by atoms with Crippen LogP contribution in [0.4, 0.5) is 20.2 Å². The third-order valence-corrected chi connectivity index (χ3v) is 3.29. The van der Waals surface area contributed by atoms with E-state index in [9.17, 15) is 13.6 Å². The predicted molar refractivity (Wildman–Crippen MR) is 79.3 cm³/mol. The number of carbonyl (C=O) groups excluding carboxylic acids is 1. The van der Waals surface area contributed by atoms with E-state index in [0.29, 0.717) is 12.2 Å². The third-order valence-electron chi connectivity index (χ3n) is 3.29. The van der Waals surface area contributed by atoms with E-state index in [2.05, 4.69) is 0 Å². The number of para-hydroxylation sites is 1. The molecule has 5 heteroatoms. The molecule has 2 N–H and O–H groups in total. The fraction of sp³-hybridized carbons (Fsp3) is 0.188. The summed E-state index contributed by atoms with van der Waals surface area (Å²) in [6.45, 7) is 4.07. The molecule has 0 atom stereocenters. The van der Waals surface area contributed by atoms with E-state index < -0.39 is 17.5 Å². The normalized spacial score (nSPS) is 10.5. The Hall–Kier alpha value is -2.43. The minimum atomic E-state index is -1.09. The molecule has 2 rings (SSSR count). The molecule has 2 aromatic carbocycles. The Kier molecular flexibility index (Phi) is 4.21. The van der Waals surface area contributed by atoms with Gasteiger partial charge in [-0.2, -0.15) is 0 Å². The lowest BCUT2D eigenvalue weighted by molar-refractivity contribution is 0.0988. The molecule has 0 unspecified atom stereocenters. The number of nitrogen functional groups attached to an aromatic ring is 1. The molecule has 0 fully saturated rings. The van der Waals surface area contributed by atoms with Gasteiger partial charge in [0, 0.05) is 24.0 Å². The Bertz CT molecular complexity index is 686. The van der Waals surface area contributed by atoms with Crippen molar-refractivity contribution in [3.05, 3.63) is 59.2 Å². The van der Waals surface area contributed by atoms with E-state index in [0.717, 1.165) is 17.7 Å². The Morgan fingerprint density at radius 2 is 1.81 bits per heavy atom. The molecule has 0 saturated heterocycles. The number of anilines is 2. The molecule has 0 aliphatic heterocycles. The lowest BCUT2D eigenvalue weighted by atomic mass is 10.1. The van der Waals surface area contributed by atoms with E-state index >= 15 is 0 Å². The summed E-state index contributed by atoms with van der Waals surface area (Å²) < 4.78 is 26.5. The molecule has 110 valence electrons. The number of carbonyl (C=O) groups is 1. The van der Waals surface area contributed by atoms with Crippen molar-refractivity contribution in [3.63, 3.8) is 0 Å². The summed E-state index contributed by atoms with van der Waals surface area (Å²) in [5.74, 6) is -2.61. The molecule has 2 aromatic rings. The van der Waals surface area contributed by atoms with Crippen LogP contribution < -0.4 is 10.6 Å². The number of halogens is 2. The summed E-state index contributed by atoms with van der Waals surface area (Å²) in [7, 11) is 0. The number of hydrogen-bond donors (Lipinski definition) is 1. The third kappa shape index (κ3) is 2.86. The van der Waals surface area contributed by atoms with Crippen LogP contribution >= 0.6 is 0 Å². The van der Waals surface area contributed by atoms with Gasteiger partial charge in [-0.3, -0.25) is 4.79 Å². The highest BCUT2D eigenvalue weighted by molar-refractivity contribution is 6.09. The summed E-state index contributed by atoms with van der Waals surface area (Å²) in [5.41, 5.74) is 7.15. The van der Waals surface area contributed by atoms with Gasteiger partial charge in [0.1, 0.15) is 0 Å². The zero-order valence-electron chi connectivity index (χ0n) is 11.9. The molecular formula is C16H16F2N2O. The Morgan fingerprint density at radius 3 is 2.43 bits per heavy atom. The predicted octanol–water partition coefficient (Wildman–Crippen LogP) is 3.52. The first-order valence-electron chi connectivity index (χ1n) is 6.57. The average molecular weight is 290 g/mol. The van der Waals surface area contributed by atoms with E-state index in [1.165, 1.54) is 4.90 Å². The largest absolute Gasteiger partial charge is 0.398 e. The van der Waals surface area contributed by atoms with Crippen molar-refractivity contribution in [3.8, 4) is 0 Å². The first kappa shape index (κ1) is 15.0. The van der Waals surface area contributed by atoms with Gasteiger partial charge in [-0.05, 0) is 31.5 Å². The first-order chi connectivity index (χ1) is 9.95. The quantitative estimate of drug-likeness (QED) is 0.879. The van der Waals surface area contributed by atoms with Gasteiger partial charge < -0.3 is 10.6 Å². The summed E-state index contributed by atoms with van der Waals surface area (Å²) >= 11 is 0. The second kappa shape index (κ2) is 5.91. The monoisotopic (exact) mass is 290 g/mol. The average Bonchev–Trinajstić information content (AvgIpc) is 2.45. The number of aryl methyl sites for hydroxylation is 1. The maximum Gasteiger partial charge on any atom is 0.260 e. The minimum absolute atomic E-state index is 0.0426. The van der Waals surface area contributed by atoms with Gasteiger partial charge in [0.05, 0.1) is 5.56 Å². The summed E-state index contributed by atoms with van der Waals surface area (Å²) in [6, 6.07) is 9.02. The molecule has 0 aliphatic carbocycles. The Morgan fingerprint density at radius 1 is 1.19 bits per heavy atom. The van der Waals surface area contributed by atoms with Crippen LogP contribution in [-0.2, 0) is 0 Å². The lowest BCUT2D eigenvalue weighted by Gasteiger charge is -2.23. The molecule has 0 aliphatic rings. The van der Waals surface area contributed by atoms with E-state index in [1.54, 1.807) is 13.0 Å². The smallest absolute Gasteiger partial charge is 0.260 e. The molecule has 0 aromatic heterocycles. The Balaban J connectivity index is 2.47. The van der Waals surface area contributed by atoms with Gasteiger partial charge >= 0.3 is 0 Å². The fourth-order valence-corrected chi connectivity index (χ4v) is 2.18. The fourth-order valence-electron chi connectivity index (χ4n) is 2.18. The van der Waals surface area contributed by atoms with Crippen molar-refractivity contribution in [2.45, 2.75) is 13.8 Å². The highest BCUT2D eigenvalue weighted by Crippen LogP contribution is 2.24. The molecule has 0 saturated carbocycles. The number of nitrogens with zero attached hydrogens (tertiary/aromatic N) is 1. The van der Waals surface area contributed by atoms with Crippen molar-refractivity contribution in [2.24, 2.45) is 0 Å². The van der Waals surface area contributed by atoms with Crippen LogP contribution in [0.5, 0.6) is 0 Å². The van der Waals surface area contributed by atoms with Crippen LogP contribution in [0.25, 0.3) is 0 Å². The number of nitrogens with two attached hydrogens (primary N) is 1. The number of hydrogen-bond acceptors (Lipinski definition) is 2. The van der Waals surface area contributed by atoms with E-state index in [-0.39, 0.29) is 11.3 Å². The zero-order valence-corrected chi connectivity index (χ0v) is 11.9. The van der Waals surface area contributed by atoms with Gasteiger partial charge in [-0.15, -0.1) is 0 Å². The highest BCUT2D eigenvalue weighted by Gasteiger charge is 2.21. The molecule has 0 heterocycles. The van der Waals surface area contributed by atoms with Crippen molar-refractivity contribution in [2.75, 3.05) is 17.2 Å².